The van der Waals surface area contributed by atoms with Gasteiger partial charge in [0.2, 0.25) is 0 Å². The zero-order valence-corrected chi connectivity index (χ0v) is 14.6. The number of amides is 1. The standard InChI is InChI=1S/C17H18N4O3S/c1-25-15-6-4-12(10-14(15)21(23)24)17(22)19-13-5-7-16(18-11-13)20-8-2-3-9-20/h4-7,10-11H,2-3,8-9H2,1H3,(H,19,22). The second-order valence-corrected chi connectivity index (χ2v) is 6.55. The molecule has 3 rings (SSSR count). The molecule has 0 saturated carbocycles. The first-order valence-electron chi connectivity index (χ1n) is 7.93. The van der Waals surface area contributed by atoms with Crippen molar-refractivity contribution in [1.29, 1.82) is 0 Å². The molecule has 2 heterocycles. The number of aromatic nitrogens is 1. The van der Waals surface area contributed by atoms with E-state index in [9.17, 15) is 14.9 Å². The summed E-state index contributed by atoms with van der Waals surface area (Å²) in [5.41, 5.74) is 0.736. The number of nitro groups is 1. The second-order valence-electron chi connectivity index (χ2n) is 5.70. The molecule has 1 aromatic heterocycles. The Labute approximate surface area is 149 Å². The maximum Gasteiger partial charge on any atom is 0.283 e. The van der Waals surface area contributed by atoms with Crippen molar-refractivity contribution in [3.63, 3.8) is 0 Å². The predicted molar refractivity (Wildman–Crippen MR) is 98.5 cm³/mol. The van der Waals surface area contributed by atoms with E-state index in [4.69, 9.17) is 0 Å². The Morgan fingerprint density at radius 1 is 1.28 bits per heavy atom. The summed E-state index contributed by atoms with van der Waals surface area (Å²) in [4.78, 5) is 30.1. The summed E-state index contributed by atoms with van der Waals surface area (Å²) in [6, 6.07) is 8.14. The van der Waals surface area contributed by atoms with Gasteiger partial charge in [0.05, 0.1) is 21.7 Å². The van der Waals surface area contributed by atoms with Crippen LogP contribution in [0, 0.1) is 10.1 Å². The fraction of sp³-hybridized carbons (Fsp3) is 0.294. The van der Waals surface area contributed by atoms with Gasteiger partial charge < -0.3 is 10.2 Å². The minimum absolute atomic E-state index is 0.0670. The van der Waals surface area contributed by atoms with Crippen molar-refractivity contribution in [3.05, 3.63) is 52.2 Å². The normalized spacial score (nSPS) is 13.7. The van der Waals surface area contributed by atoms with Gasteiger partial charge in [-0.2, -0.15) is 0 Å². The van der Waals surface area contributed by atoms with Crippen molar-refractivity contribution < 1.29 is 9.72 Å². The molecule has 0 bridgehead atoms. The molecule has 1 aromatic carbocycles. The van der Waals surface area contributed by atoms with E-state index in [1.54, 1.807) is 30.7 Å². The number of rotatable bonds is 5. The molecule has 1 aliphatic rings. The highest BCUT2D eigenvalue weighted by Crippen LogP contribution is 2.28. The quantitative estimate of drug-likeness (QED) is 0.499. The number of nitrogens with zero attached hydrogens (tertiary/aromatic N) is 3. The molecule has 0 atom stereocenters. The average molecular weight is 358 g/mol. The zero-order valence-electron chi connectivity index (χ0n) is 13.8. The summed E-state index contributed by atoms with van der Waals surface area (Å²) in [6.45, 7) is 2.01. The lowest BCUT2D eigenvalue weighted by atomic mass is 10.2. The van der Waals surface area contributed by atoms with Crippen molar-refractivity contribution >= 4 is 34.9 Å². The molecule has 25 heavy (non-hydrogen) atoms. The smallest absolute Gasteiger partial charge is 0.283 e. The van der Waals surface area contributed by atoms with Crippen LogP contribution in [0.15, 0.2) is 41.4 Å². The number of carbonyl (C=O) groups is 1. The van der Waals surface area contributed by atoms with Crippen LogP contribution in [0.4, 0.5) is 17.2 Å². The van der Waals surface area contributed by atoms with E-state index in [0.29, 0.717) is 10.6 Å². The van der Waals surface area contributed by atoms with E-state index in [0.717, 1.165) is 18.9 Å². The number of thioether (sulfide) groups is 1. The Kier molecular flexibility index (Phi) is 5.18. The topological polar surface area (TPSA) is 88.4 Å². The van der Waals surface area contributed by atoms with Crippen LogP contribution < -0.4 is 10.2 Å². The zero-order chi connectivity index (χ0) is 17.8. The van der Waals surface area contributed by atoms with Crippen LogP contribution in [0.5, 0.6) is 0 Å². The Morgan fingerprint density at radius 2 is 2.04 bits per heavy atom. The van der Waals surface area contributed by atoms with Crippen LogP contribution in [0.3, 0.4) is 0 Å². The molecule has 0 spiro atoms. The maximum atomic E-state index is 12.4. The highest BCUT2D eigenvalue weighted by atomic mass is 32.2. The number of anilines is 2. The molecule has 2 aromatic rings. The molecule has 7 nitrogen and oxygen atoms in total. The van der Waals surface area contributed by atoms with Gasteiger partial charge in [-0.25, -0.2) is 4.98 Å². The van der Waals surface area contributed by atoms with E-state index in [2.05, 4.69) is 15.2 Å². The third kappa shape index (κ3) is 3.90. The Balaban J connectivity index is 1.73. The molecular formula is C17H18N4O3S. The van der Waals surface area contributed by atoms with E-state index in [1.165, 1.54) is 30.7 Å². The fourth-order valence-electron chi connectivity index (χ4n) is 2.77. The number of nitro benzene ring substituents is 1. The van der Waals surface area contributed by atoms with Gasteiger partial charge in [-0.15, -0.1) is 11.8 Å². The minimum atomic E-state index is -0.477. The molecule has 1 saturated heterocycles. The number of pyridine rings is 1. The average Bonchev–Trinajstić information content (AvgIpc) is 3.16. The fourth-order valence-corrected chi connectivity index (χ4v) is 3.32. The summed E-state index contributed by atoms with van der Waals surface area (Å²) < 4.78 is 0. The van der Waals surface area contributed by atoms with E-state index < -0.39 is 10.8 Å². The summed E-state index contributed by atoms with van der Waals surface area (Å²) in [6.07, 6.45) is 5.71. The molecule has 1 N–H and O–H groups in total. The Bertz CT molecular complexity index is 789. The monoisotopic (exact) mass is 358 g/mol. The van der Waals surface area contributed by atoms with Crippen molar-refractivity contribution in [2.24, 2.45) is 0 Å². The molecular weight excluding hydrogens is 340 g/mol. The molecule has 0 unspecified atom stereocenters. The summed E-state index contributed by atoms with van der Waals surface area (Å²) >= 11 is 1.27. The lowest BCUT2D eigenvalue weighted by Crippen LogP contribution is -2.19. The van der Waals surface area contributed by atoms with Gasteiger partial charge >= 0.3 is 0 Å². The van der Waals surface area contributed by atoms with Crippen LogP contribution in [0.2, 0.25) is 0 Å². The van der Waals surface area contributed by atoms with Gasteiger partial charge in [0.15, 0.2) is 0 Å². The van der Waals surface area contributed by atoms with Crippen LogP contribution in [0.1, 0.15) is 23.2 Å². The maximum absolute atomic E-state index is 12.4. The van der Waals surface area contributed by atoms with Crippen LogP contribution in [-0.2, 0) is 0 Å². The van der Waals surface area contributed by atoms with Gasteiger partial charge in [-0.3, -0.25) is 14.9 Å². The Morgan fingerprint density at radius 3 is 2.64 bits per heavy atom. The van der Waals surface area contributed by atoms with E-state index in [1.807, 2.05) is 6.07 Å². The largest absolute Gasteiger partial charge is 0.357 e. The van der Waals surface area contributed by atoms with Crippen molar-refractivity contribution in [3.8, 4) is 0 Å². The van der Waals surface area contributed by atoms with Crippen molar-refractivity contribution in [2.75, 3.05) is 29.6 Å². The van der Waals surface area contributed by atoms with E-state index in [-0.39, 0.29) is 11.3 Å². The lowest BCUT2D eigenvalue weighted by Gasteiger charge is -2.16. The highest BCUT2D eigenvalue weighted by Gasteiger charge is 2.18. The molecule has 1 fully saturated rings. The van der Waals surface area contributed by atoms with Crippen LogP contribution in [0.25, 0.3) is 0 Å². The van der Waals surface area contributed by atoms with Gasteiger partial charge in [0.25, 0.3) is 11.6 Å². The van der Waals surface area contributed by atoms with Crippen LogP contribution >= 0.6 is 11.8 Å². The lowest BCUT2D eigenvalue weighted by molar-refractivity contribution is -0.387. The molecule has 0 aliphatic carbocycles. The van der Waals surface area contributed by atoms with Gasteiger partial charge in [0, 0.05) is 24.7 Å². The summed E-state index contributed by atoms with van der Waals surface area (Å²) in [5, 5.41) is 13.9. The minimum Gasteiger partial charge on any atom is -0.357 e. The Hall–Kier alpha value is -2.61. The predicted octanol–water partition coefficient (Wildman–Crippen LogP) is 3.56. The first kappa shape index (κ1) is 17.2. The number of carbonyl (C=O) groups excluding carboxylic acids is 1. The molecule has 1 amide bonds. The second kappa shape index (κ2) is 7.52. The first-order valence-corrected chi connectivity index (χ1v) is 9.16. The molecule has 0 radical (unpaired) electrons. The number of hydrogen-bond donors (Lipinski definition) is 1. The van der Waals surface area contributed by atoms with Gasteiger partial charge in [-0.1, -0.05) is 0 Å². The van der Waals surface area contributed by atoms with Gasteiger partial charge in [-0.05, 0) is 43.4 Å². The van der Waals surface area contributed by atoms with Crippen molar-refractivity contribution in [1.82, 2.24) is 4.98 Å². The van der Waals surface area contributed by atoms with Crippen LogP contribution in [-0.4, -0.2) is 35.2 Å². The van der Waals surface area contributed by atoms with E-state index >= 15 is 0 Å². The SMILES string of the molecule is CSc1ccc(C(=O)Nc2ccc(N3CCCC3)nc2)cc1[N+](=O)[O-]. The molecule has 1 aliphatic heterocycles. The highest BCUT2D eigenvalue weighted by molar-refractivity contribution is 7.98. The summed E-state index contributed by atoms with van der Waals surface area (Å²) in [5.74, 6) is 0.502. The molecule has 8 heteroatoms. The first-order chi connectivity index (χ1) is 12.1. The third-order valence-electron chi connectivity index (χ3n) is 4.07. The third-order valence-corrected chi connectivity index (χ3v) is 4.86. The number of nitrogens with one attached hydrogen (secondary N) is 1. The summed E-state index contributed by atoms with van der Waals surface area (Å²) in [7, 11) is 0. The number of hydrogen-bond acceptors (Lipinski definition) is 6. The number of benzene rings is 1. The van der Waals surface area contributed by atoms with Gasteiger partial charge in [0.1, 0.15) is 5.82 Å². The van der Waals surface area contributed by atoms with Crippen molar-refractivity contribution in [2.45, 2.75) is 17.7 Å². The molecule has 130 valence electrons.